The van der Waals surface area contributed by atoms with Crippen molar-refractivity contribution in [3.05, 3.63) is 174 Å². The van der Waals surface area contributed by atoms with Crippen LogP contribution in [0.1, 0.15) is 0 Å². The monoisotopic (exact) mass is 728 g/mol. The number of ether oxygens (including phenoxy) is 2. The van der Waals surface area contributed by atoms with Gasteiger partial charge in [0.05, 0.1) is 47.3 Å². The minimum Gasteiger partial charge on any atom is -0.496 e. The van der Waals surface area contributed by atoms with Gasteiger partial charge in [0.1, 0.15) is 11.5 Å². The van der Waals surface area contributed by atoms with E-state index in [4.69, 9.17) is 9.47 Å². The fourth-order valence-corrected chi connectivity index (χ4v) is 8.85. The third kappa shape index (κ3) is 4.12. The third-order valence-corrected chi connectivity index (χ3v) is 11.4. The summed E-state index contributed by atoms with van der Waals surface area (Å²) in [4.78, 5) is 55.4. The van der Waals surface area contributed by atoms with E-state index in [0.29, 0.717) is 87.8 Å². The van der Waals surface area contributed by atoms with Crippen LogP contribution in [0.3, 0.4) is 0 Å². The number of benzene rings is 7. The summed E-state index contributed by atoms with van der Waals surface area (Å²) in [7, 11) is 3.19. The summed E-state index contributed by atoms with van der Waals surface area (Å²) in [5, 5.41) is 4.10. The number of para-hydroxylation sites is 4. The minimum absolute atomic E-state index is 0.103. The molecule has 11 aromatic rings. The molecule has 8 nitrogen and oxygen atoms in total. The quantitative estimate of drug-likeness (QED) is 0.133. The van der Waals surface area contributed by atoms with Crippen molar-refractivity contribution in [3.63, 3.8) is 0 Å². The van der Waals surface area contributed by atoms with E-state index in [-0.39, 0.29) is 21.7 Å². The predicted molar refractivity (Wildman–Crippen MR) is 225 cm³/mol. The maximum atomic E-state index is 14.2. The second-order valence-corrected chi connectivity index (χ2v) is 14.1. The van der Waals surface area contributed by atoms with Crippen LogP contribution < -0.4 is 31.2 Å². The van der Waals surface area contributed by atoms with Gasteiger partial charge < -0.3 is 18.3 Å². The number of nitrogens with zero attached hydrogens (tertiary/aromatic N) is 2. The molecule has 0 unspecified atom stereocenters. The molecule has 0 spiro atoms. The van der Waals surface area contributed by atoms with Gasteiger partial charge in [0.25, 0.3) is 0 Å². The zero-order valence-electron chi connectivity index (χ0n) is 30.0. The number of rotatable bonds is 4. The number of hydrogen-bond donors (Lipinski definition) is 0. The van der Waals surface area contributed by atoms with Gasteiger partial charge in [-0.15, -0.1) is 0 Å². The van der Waals surface area contributed by atoms with Crippen molar-refractivity contribution in [2.45, 2.75) is 0 Å². The molecule has 0 aliphatic rings. The van der Waals surface area contributed by atoms with Crippen molar-refractivity contribution in [1.29, 1.82) is 0 Å². The van der Waals surface area contributed by atoms with Crippen molar-refractivity contribution in [2.24, 2.45) is 0 Å². The highest BCUT2D eigenvalue weighted by Gasteiger charge is 2.21. The Morgan fingerprint density at radius 3 is 1.09 bits per heavy atom. The van der Waals surface area contributed by atoms with Crippen molar-refractivity contribution in [1.82, 2.24) is 8.80 Å². The van der Waals surface area contributed by atoms with Gasteiger partial charge in [0.15, 0.2) is 21.7 Å². The molecule has 266 valence electrons. The van der Waals surface area contributed by atoms with Crippen LogP contribution in [-0.2, 0) is 0 Å². The van der Waals surface area contributed by atoms with Gasteiger partial charge in [-0.2, -0.15) is 0 Å². The van der Waals surface area contributed by atoms with E-state index in [1.165, 1.54) is 0 Å². The smallest absolute Gasteiger partial charge is 0.197 e. The number of hydrogen-bond acceptors (Lipinski definition) is 6. The van der Waals surface area contributed by atoms with Gasteiger partial charge in [0.2, 0.25) is 0 Å². The predicted octanol–water partition coefficient (Wildman–Crippen LogP) is 8.78. The average Bonchev–Trinajstić information content (AvgIpc) is 3.25. The summed E-state index contributed by atoms with van der Waals surface area (Å²) in [5.74, 6) is 1.09. The Hall–Kier alpha value is -7.58. The van der Waals surface area contributed by atoms with Crippen LogP contribution in [0.4, 0.5) is 0 Å². The van der Waals surface area contributed by atoms with Gasteiger partial charge >= 0.3 is 0 Å². The molecular weight excluding hydrogens is 701 g/mol. The van der Waals surface area contributed by atoms with Crippen LogP contribution in [-0.4, -0.2) is 23.0 Å². The molecule has 0 bridgehead atoms. The zero-order chi connectivity index (χ0) is 38.0. The molecule has 0 atom stereocenters. The molecule has 0 radical (unpaired) electrons. The molecule has 4 heterocycles. The second kappa shape index (κ2) is 11.5. The van der Waals surface area contributed by atoms with Crippen molar-refractivity contribution in [3.8, 4) is 33.8 Å². The first-order valence-corrected chi connectivity index (χ1v) is 18.2. The van der Waals surface area contributed by atoms with Crippen LogP contribution in [0.15, 0.2) is 153 Å². The number of pyridine rings is 4. The van der Waals surface area contributed by atoms with Crippen LogP contribution in [0, 0.1) is 0 Å². The largest absolute Gasteiger partial charge is 0.496 e. The summed E-state index contributed by atoms with van der Waals surface area (Å²) < 4.78 is 16.0. The lowest BCUT2D eigenvalue weighted by Crippen LogP contribution is -2.14. The second-order valence-electron chi connectivity index (χ2n) is 14.1. The minimum atomic E-state index is -0.169. The highest BCUT2D eigenvalue weighted by Crippen LogP contribution is 2.42. The van der Waals surface area contributed by atoms with Gasteiger partial charge in [-0.25, -0.2) is 0 Å². The van der Waals surface area contributed by atoms with Crippen molar-refractivity contribution >= 4 is 76.2 Å². The molecule has 0 aliphatic carbocycles. The lowest BCUT2D eigenvalue weighted by molar-refractivity contribution is 0.406. The van der Waals surface area contributed by atoms with E-state index < -0.39 is 0 Å². The zero-order valence-corrected chi connectivity index (χ0v) is 30.0. The molecule has 0 aliphatic heterocycles. The summed E-state index contributed by atoms with van der Waals surface area (Å²) in [6.45, 7) is 0. The Morgan fingerprint density at radius 2 is 0.696 bits per heavy atom. The molecule has 4 aromatic heterocycles. The maximum absolute atomic E-state index is 14.2. The number of methoxy groups -OCH3 is 2. The lowest BCUT2D eigenvalue weighted by atomic mass is 9.95. The Labute approximate surface area is 315 Å². The van der Waals surface area contributed by atoms with Crippen LogP contribution >= 0.6 is 0 Å². The van der Waals surface area contributed by atoms with E-state index >= 15 is 0 Å². The average molecular weight is 729 g/mol. The first-order valence-electron chi connectivity index (χ1n) is 18.2. The maximum Gasteiger partial charge on any atom is 0.197 e. The van der Waals surface area contributed by atoms with Gasteiger partial charge in [0, 0.05) is 54.2 Å². The number of fused-ring (bicyclic) bond motifs is 8. The topological polar surface area (TPSA) is 95.6 Å². The Balaban J connectivity index is 1.13. The molecule has 0 fully saturated rings. The molecule has 0 saturated heterocycles. The van der Waals surface area contributed by atoms with Crippen molar-refractivity contribution in [2.75, 3.05) is 14.2 Å². The molecule has 8 heteroatoms. The molecule has 0 saturated carbocycles. The van der Waals surface area contributed by atoms with E-state index in [0.717, 1.165) is 22.2 Å². The molecule has 56 heavy (non-hydrogen) atoms. The molecule has 7 aromatic carbocycles. The van der Waals surface area contributed by atoms with Crippen LogP contribution in [0.5, 0.6) is 11.5 Å². The van der Waals surface area contributed by atoms with Gasteiger partial charge in [-0.1, -0.05) is 48.5 Å². The molecule has 0 amide bonds. The van der Waals surface area contributed by atoms with Crippen LogP contribution in [0.25, 0.3) is 98.4 Å². The Bertz CT molecular complexity index is 3530. The Morgan fingerprint density at radius 1 is 0.357 bits per heavy atom. The summed E-state index contributed by atoms with van der Waals surface area (Å²) in [5.41, 5.74) is 6.41. The van der Waals surface area contributed by atoms with E-state index in [2.05, 4.69) is 0 Å². The van der Waals surface area contributed by atoms with E-state index in [1.54, 1.807) is 50.6 Å². The molecule has 0 N–H and O–H groups in total. The first kappa shape index (κ1) is 31.9. The highest BCUT2D eigenvalue weighted by molar-refractivity contribution is 6.10. The van der Waals surface area contributed by atoms with Crippen molar-refractivity contribution < 1.29 is 9.47 Å². The lowest BCUT2D eigenvalue weighted by Gasteiger charge is -2.18. The fourth-order valence-electron chi connectivity index (χ4n) is 8.85. The van der Waals surface area contributed by atoms with Gasteiger partial charge in [-0.05, 0) is 96.1 Å². The van der Waals surface area contributed by atoms with Gasteiger partial charge in [-0.3, -0.25) is 19.2 Å². The first-order chi connectivity index (χ1) is 27.4. The third-order valence-electron chi connectivity index (χ3n) is 11.4. The summed E-state index contributed by atoms with van der Waals surface area (Å²) in [6, 6.07) is 40.8. The normalized spacial score (nSPS) is 12.0. The summed E-state index contributed by atoms with van der Waals surface area (Å²) in [6.07, 6.45) is 0. The summed E-state index contributed by atoms with van der Waals surface area (Å²) >= 11 is 0. The molecular formula is C48H28N2O6. The number of aromatic nitrogens is 2. The SMILES string of the molecule is COc1cc(-c2ccc3c(c2)c(=O)c2cccc4c(=O)c5ccccc5n3c42)c(OC)cc1-c1ccc2c(c1)c(=O)c1cccc3c(=O)c4ccccc4n2c31. The molecule has 11 rings (SSSR count). The fraction of sp³-hybridized carbons (Fsp3) is 0.0417. The van der Waals surface area contributed by atoms with Crippen LogP contribution in [0.2, 0.25) is 0 Å². The Kier molecular flexibility index (Phi) is 6.53. The highest BCUT2D eigenvalue weighted by atomic mass is 16.5. The standard InChI is InChI=1S/C48H28N2O6/c1-55-41-23-34(26-18-20-40-36(22-26)48(54)32-14-8-12-30-44(32)50(40)38-16-6-4-10-28(38)46(30)52)42(56-2)24-33(41)25-17-19-39-35(21-25)47(53)31-13-7-11-29-43(31)49(39)37-15-5-3-9-27(37)45(29)51/h3-24H,1-2H3. The van der Waals surface area contributed by atoms with E-state index in [9.17, 15) is 19.2 Å². The van der Waals surface area contributed by atoms with E-state index in [1.807, 2.05) is 106 Å².